The van der Waals surface area contributed by atoms with Gasteiger partial charge in [-0.1, -0.05) is 18.2 Å². The van der Waals surface area contributed by atoms with Crippen LogP contribution in [0.5, 0.6) is 0 Å². The van der Waals surface area contributed by atoms with Crippen molar-refractivity contribution in [3.05, 3.63) is 64.9 Å². The molecule has 2 N–H and O–H groups in total. The van der Waals surface area contributed by atoms with Gasteiger partial charge in [0, 0.05) is 47.0 Å². The number of alkyl halides is 2. The molecule has 3 aliphatic rings. The number of hydrogen-bond donors (Lipinski definition) is 2. The van der Waals surface area contributed by atoms with E-state index in [-0.39, 0.29) is 22.9 Å². The van der Waals surface area contributed by atoms with Crippen molar-refractivity contribution in [3.8, 4) is 0 Å². The fourth-order valence-corrected chi connectivity index (χ4v) is 7.08. The molecule has 2 aliphatic heterocycles. The number of benzene rings is 2. The van der Waals surface area contributed by atoms with E-state index >= 15 is 8.78 Å². The van der Waals surface area contributed by atoms with Crippen LogP contribution >= 0.6 is 0 Å². The molecule has 2 fully saturated rings. The summed E-state index contributed by atoms with van der Waals surface area (Å²) in [6.07, 6.45) is 0.728. The molecule has 1 spiro atoms. The number of piperidine rings is 1. The molecule has 1 aliphatic carbocycles. The predicted octanol–water partition coefficient (Wildman–Crippen LogP) is 6.13. The van der Waals surface area contributed by atoms with Gasteiger partial charge < -0.3 is 15.0 Å². The van der Waals surface area contributed by atoms with Crippen LogP contribution in [0.4, 0.5) is 23.2 Å². The van der Waals surface area contributed by atoms with E-state index in [9.17, 15) is 18.7 Å². The topological polar surface area (TPSA) is 59.6 Å². The Bertz CT molecular complexity index is 1350. The molecular formula is C29H31F4N3O2. The number of carbonyl (C=O) groups is 1. The largest absolute Gasteiger partial charge is 0.481 e. The predicted molar refractivity (Wildman–Crippen MR) is 137 cm³/mol. The normalized spacial score (nSPS) is 23.7. The molecule has 38 heavy (non-hydrogen) atoms. The Morgan fingerprint density at radius 3 is 2.42 bits per heavy atom. The number of anilines is 1. The molecule has 1 aromatic heterocycles. The van der Waals surface area contributed by atoms with Crippen molar-refractivity contribution in [2.45, 2.75) is 57.5 Å². The first-order valence-corrected chi connectivity index (χ1v) is 13.3. The molecule has 6 rings (SSSR count). The average Bonchev–Trinajstić information content (AvgIpc) is 3.21. The summed E-state index contributed by atoms with van der Waals surface area (Å²) in [5.74, 6) is -2.55. The number of carboxylic acids is 1. The van der Waals surface area contributed by atoms with Crippen LogP contribution < -0.4 is 4.90 Å². The van der Waals surface area contributed by atoms with Gasteiger partial charge in [-0.15, -0.1) is 0 Å². The lowest BCUT2D eigenvalue weighted by molar-refractivity contribution is -0.151. The molecule has 1 saturated carbocycles. The van der Waals surface area contributed by atoms with E-state index in [0.717, 1.165) is 29.3 Å². The Labute approximate surface area is 218 Å². The molecule has 0 amide bonds. The number of carboxylic acid groups (broad SMARTS) is 1. The summed E-state index contributed by atoms with van der Waals surface area (Å²) in [4.78, 5) is 17.9. The van der Waals surface area contributed by atoms with Gasteiger partial charge in [-0.25, -0.2) is 17.6 Å². The molecule has 3 aromatic rings. The minimum absolute atomic E-state index is 0.0105. The summed E-state index contributed by atoms with van der Waals surface area (Å²) >= 11 is 0. The number of nitrogens with zero attached hydrogens (tertiary/aromatic N) is 2. The Balaban J connectivity index is 1.33. The second-order valence-electron chi connectivity index (χ2n) is 11.4. The van der Waals surface area contributed by atoms with E-state index < -0.39 is 36.6 Å². The Hall–Kier alpha value is -3.07. The zero-order chi connectivity index (χ0) is 26.8. The third-order valence-corrected chi connectivity index (χ3v) is 9.10. The minimum Gasteiger partial charge on any atom is -0.481 e. The summed E-state index contributed by atoms with van der Waals surface area (Å²) < 4.78 is 59.0. The molecule has 0 unspecified atom stereocenters. The molecule has 3 heterocycles. The van der Waals surface area contributed by atoms with E-state index in [0.29, 0.717) is 43.7 Å². The van der Waals surface area contributed by atoms with Crippen molar-refractivity contribution >= 4 is 22.6 Å². The number of hydrogen-bond acceptors (Lipinski definition) is 3. The summed E-state index contributed by atoms with van der Waals surface area (Å²) in [6, 6.07) is 8.88. The maximum Gasteiger partial charge on any atom is 0.306 e. The maximum absolute atomic E-state index is 15.8. The van der Waals surface area contributed by atoms with Crippen LogP contribution in [-0.2, 0) is 11.2 Å². The zero-order valence-corrected chi connectivity index (χ0v) is 21.2. The monoisotopic (exact) mass is 529 g/mol. The quantitative estimate of drug-likeness (QED) is 0.391. The number of para-hydroxylation sites is 1. The highest BCUT2D eigenvalue weighted by Crippen LogP contribution is 2.53. The maximum atomic E-state index is 15.8. The summed E-state index contributed by atoms with van der Waals surface area (Å²) in [5.41, 5.74) is 2.51. The number of nitrogens with one attached hydrogen (secondary N) is 1. The van der Waals surface area contributed by atoms with E-state index in [2.05, 4.69) is 4.98 Å². The van der Waals surface area contributed by atoms with Crippen LogP contribution in [0.2, 0.25) is 0 Å². The van der Waals surface area contributed by atoms with Crippen molar-refractivity contribution in [2.24, 2.45) is 11.3 Å². The van der Waals surface area contributed by atoms with Crippen LogP contribution in [0, 0.1) is 23.0 Å². The van der Waals surface area contributed by atoms with Crippen molar-refractivity contribution in [3.63, 3.8) is 0 Å². The van der Waals surface area contributed by atoms with Gasteiger partial charge >= 0.3 is 5.97 Å². The third-order valence-electron chi connectivity index (χ3n) is 9.10. The van der Waals surface area contributed by atoms with Crippen LogP contribution in [0.25, 0.3) is 10.9 Å². The number of fused-ring (bicyclic) bond motifs is 3. The average molecular weight is 530 g/mol. The summed E-state index contributed by atoms with van der Waals surface area (Å²) in [5, 5.41) is 10.2. The minimum atomic E-state index is -2.65. The van der Waals surface area contributed by atoms with Crippen LogP contribution in [0.3, 0.4) is 0 Å². The second-order valence-corrected chi connectivity index (χ2v) is 11.4. The molecular weight excluding hydrogens is 498 g/mol. The van der Waals surface area contributed by atoms with Crippen molar-refractivity contribution in [2.75, 3.05) is 24.5 Å². The molecule has 0 bridgehead atoms. The van der Waals surface area contributed by atoms with Gasteiger partial charge in [-0.05, 0) is 68.2 Å². The highest BCUT2D eigenvalue weighted by Gasteiger charge is 2.48. The molecule has 5 nitrogen and oxygen atoms in total. The van der Waals surface area contributed by atoms with Gasteiger partial charge in [0.1, 0.15) is 11.6 Å². The lowest BCUT2D eigenvalue weighted by atomic mass is 9.57. The molecule has 2 atom stereocenters. The van der Waals surface area contributed by atoms with E-state index in [1.54, 1.807) is 0 Å². The van der Waals surface area contributed by atoms with Gasteiger partial charge in [0.25, 0.3) is 6.43 Å². The molecule has 1 saturated heterocycles. The molecule has 0 radical (unpaired) electrons. The first kappa shape index (κ1) is 25.2. The smallest absolute Gasteiger partial charge is 0.306 e. The molecule has 2 aromatic carbocycles. The first-order chi connectivity index (χ1) is 18.2. The fraction of sp³-hybridized carbons (Fsp3) is 0.483. The zero-order valence-electron chi connectivity index (χ0n) is 21.2. The van der Waals surface area contributed by atoms with Crippen molar-refractivity contribution in [1.82, 2.24) is 9.88 Å². The Morgan fingerprint density at radius 1 is 1.13 bits per heavy atom. The van der Waals surface area contributed by atoms with Gasteiger partial charge in [0.05, 0.1) is 18.5 Å². The number of aromatic nitrogens is 1. The van der Waals surface area contributed by atoms with Gasteiger partial charge in [-0.2, -0.15) is 0 Å². The van der Waals surface area contributed by atoms with Crippen molar-refractivity contribution in [1.29, 1.82) is 0 Å². The molecule has 9 heteroatoms. The van der Waals surface area contributed by atoms with Crippen LogP contribution in [0.15, 0.2) is 36.4 Å². The summed E-state index contributed by atoms with van der Waals surface area (Å²) in [7, 11) is 0. The Morgan fingerprint density at radius 2 is 1.79 bits per heavy atom. The summed E-state index contributed by atoms with van der Waals surface area (Å²) in [6.45, 7) is 2.42. The SMILES string of the molecule is C[C@@H]1Cc2c([nH]c3ccccc23)[C@@H](c2c(F)cc(N3CCC4(CC3)CC(C(=O)O)C4)cc2F)N1CC(F)F. The van der Waals surface area contributed by atoms with Crippen LogP contribution in [0.1, 0.15) is 55.5 Å². The first-order valence-electron chi connectivity index (χ1n) is 13.3. The standard InChI is InChI=1S/C29H31F4N3O2/c1-16-10-20-19-4-2-3-5-23(19)34-26(20)27(36(16)15-24(32)33)25-21(30)11-18(12-22(25)31)35-8-6-29(7-9-35)13-17(14-29)28(37)38/h2-5,11-12,16-17,24,27,34H,6-10,13-15H2,1H3,(H,37,38)/t16-,27-/m1/s1. The third kappa shape index (κ3) is 4.15. The van der Waals surface area contributed by atoms with Gasteiger partial charge in [0.2, 0.25) is 0 Å². The lowest BCUT2D eigenvalue weighted by Crippen LogP contribution is -2.49. The van der Waals surface area contributed by atoms with E-state index in [1.807, 2.05) is 36.1 Å². The number of aliphatic carboxylic acids is 1. The highest BCUT2D eigenvalue weighted by atomic mass is 19.3. The highest BCUT2D eigenvalue weighted by molar-refractivity contribution is 5.85. The second kappa shape index (κ2) is 9.29. The van der Waals surface area contributed by atoms with Crippen LogP contribution in [-0.4, -0.2) is 53.1 Å². The lowest BCUT2D eigenvalue weighted by Gasteiger charge is -2.51. The molecule has 202 valence electrons. The Kier molecular flexibility index (Phi) is 6.17. The fourth-order valence-electron chi connectivity index (χ4n) is 7.08. The van der Waals surface area contributed by atoms with E-state index in [4.69, 9.17) is 0 Å². The van der Waals surface area contributed by atoms with Gasteiger partial charge in [0.15, 0.2) is 0 Å². The number of aromatic amines is 1. The number of halogens is 4. The number of H-pyrrole nitrogens is 1. The van der Waals surface area contributed by atoms with Gasteiger partial charge in [-0.3, -0.25) is 9.69 Å². The van der Waals surface area contributed by atoms with Crippen molar-refractivity contribution < 1.29 is 27.5 Å². The van der Waals surface area contributed by atoms with E-state index in [1.165, 1.54) is 17.0 Å². The number of rotatable bonds is 5.